The standard InChI is InChI=1S/C16H18N4O2.C8H10N2O2S.H2/c1-2-22-15-11-17-10-14(19-15)12-5-6-13(18-9-12)16(21)20-7-3-4-8-20;11-13(12,8-1-2-8)10-7-3-5-9-6-4-7;/h5-6,9-11H,2-4,7-8H2,1H3;3-6,8H,1-2H2,(H,9,10);1H. The average Bonchev–Trinajstić information content (AvgIpc) is 3.61. The number of nitrogens with one attached hydrogen (secondary N) is 1. The lowest BCUT2D eigenvalue weighted by Gasteiger charge is -2.14. The van der Waals surface area contributed by atoms with Crippen LogP contribution in [0.2, 0.25) is 0 Å². The highest BCUT2D eigenvalue weighted by Crippen LogP contribution is 2.29. The molecule has 0 atom stereocenters. The van der Waals surface area contributed by atoms with Crippen LogP contribution in [0.1, 0.15) is 44.5 Å². The molecule has 2 aliphatic rings. The lowest BCUT2D eigenvalue weighted by molar-refractivity contribution is 0.0787. The first-order valence-corrected chi connectivity index (χ1v) is 13.1. The zero-order chi connectivity index (χ0) is 24.7. The van der Waals surface area contributed by atoms with Gasteiger partial charge in [0, 0.05) is 38.7 Å². The van der Waals surface area contributed by atoms with Gasteiger partial charge in [-0.15, -0.1) is 0 Å². The third kappa shape index (κ3) is 6.72. The van der Waals surface area contributed by atoms with Crippen molar-refractivity contribution in [1.82, 2.24) is 24.8 Å². The van der Waals surface area contributed by atoms with Crippen molar-refractivity contribution >= 4 is 21.6 Å². The smallest absolute Gasteiger partial charge is 0.272 e. The Bertz CT molecular complexity index is 1230. The molecule has 1 N–H and O–H groups in total. The van der Waals surface area contributed by atoms with Crippen LogP contribution in [0.4, 0.5) is 5.69 Å². The Kier molecular flexibility index (Phi) is 7.86. The number of carbonyl (C=O) groups excluding carboxylic acids is 1. The van der Waals surface area contributed by atoms with Crippen molar-refractivity contribution in [2.45, 2.75) is 37.9 Å². The van der Waals surface area contributed by atoms with Gasteiger partial charge in [0.15, 0.2) is 0 Å². The van der Waals surface area contributed by atoms with E-state index < -0.39 is 10.0 Å². The van der Waals surface area contributed by atoms with E-state index >= 15 is 0 Å². The molecule has 10 nitrogen and oxygen atoms in total. The fourth-order valence-corrected chi connectivity index (χ4v) is 4.89. The molecule has 1 aliphatic carbocycles. The third-order valence-corrected chi connectivity index (χ3v) is 7.35. The number of carbonyl (C=O) groups is 1. The highest BCUT2D eigenvalue weighted by Gasteiger charge is 2.35. The van der Waals surface area contributed by atoms with Crippen LogP contribution in [0.5, 0.6) is 5.88 Å². The number of likely N-dealkylation sites (tertiary alicyclic amines) is 1. The maximum Gasteiger partial charge on any atom is 0.272 e. The van der Waals surface area contributed by atoms with Crippen molar-refractivity contribution in [1.29, 1.82) is 0 Å². The normalized spacial score (nSPS) is 15.2. The van der Waals surface area contributed by atoms with Gasteiger partial charge in [0.25, 0.3) is 5.91 Å². The summed E-state index contributed by atoms with van der Waals surface area (Å²) >= 11 is 0. The van der Waals surface area contributed by atoms with Crippen LogP contribution >= 0.6 is 0 Å². The number of aromatic nitrogens is 4. The summed E-state index contributed by atoms with van der Waals surface area (Å²) < 4.78 is 30.7. The average molecular weight is 499 g/mol. The molecule has 0 radical (unpaired) electrons. The molecule has 1 saturated carbocycles. The minimum Gasteiger partial charge on any atom is -0.477 e. The van der Waals surface area contributed by atoms with E-state index in [0.29, 0.717) is 29.6 Å². The number of nitrogens with zero attached hydrogens (tertiary/aromatic N) is 5. The molecule has 5 rings (SSSR count). The minimum atomic E-state index is -3.12. The van der Waals surface area contributed by atoms with Crippen molar-refractivity contribution in [2.24, 2.45) is 0 Å². The van der Waals surface area contributed by atoms with E-state index in [1.54, 1.807) is 49.2 Å². The number of rotatable bonds is 7. The summed E-state index contributed by atoms with van der Waals surface area (Å²) in [6.45, 7) is 4.09. The number of ether oxygens (including phenoxy) is 1. The largest absolute Gasteiger partial charge is 0.477 e. The molecule has 3 aromatic rings. The number of amides is 1. The van der Waals surface area contributed by atoms with Crippen molar-refractivity contribution < 1.29 is 19.4 Å². The van der Waals surface area contributed by atoms with Crippen molar-refractivity contribution in [2.75, 3.05) is 24.4 Å². The van der Waals surface area contributed by atoms with Crippen LogP contribution < -0.4 is 9.46 Å². The molecule has 2 fully saturated rings. The Balaban J connectivity index is 0.000000221. The molecule has 0 unspecified atom stereocenters. The van der Waals surface area contributed by atoms with Gasteiger partial charge in [0.1, 0.15) is 5.69 Å². The SMILES string of the molecule is CCOc1cncc(-c2ccc(C(=O)N3CCCC3)nc2)n1.O=S(=O)(Nc1ccncc1)C1CC1.[HH]. The molecule has 11 heteroatoms. The molecule has 1 saturated heterocycles. The topological polar surface area (TPSA) is 127 Å². The molecule has 186 valence electrons. The zero-order valence-corrected chi connectivity index (χ0v) is 20.3. The summed E-state index contributed by atoms with van der Waals surface area (Å²) in [6, 6.07) is 6.86. The minimum absolute atomic E-state index is 0. The summed E-state index contributed by atoms with van der Waals surface area (Å²) in [6.07, 6.45) is 11.7. The van der Waals surface area contributed by atoms with Crippen LogP contribution in [0.3, 0.4) is 0 Å². The predicted molar refractivity (Wildman–Crippen MR) is 133 cm³/mol. The van der Waals surface area contributed by atoms with Crippen molar-refractivity contribution in [3.63, 3.8) is 0 Å². The maximum absolute atomic E-state index is 12.2. The van der Waals surface area contributed by atoms with Crippen LogP contribution in [-0.4, -0.2) is 64.1 Å². The van der Waals surface area contributed by atoms with Crippen molar-refractivity contribution in [3.8, 4) is 17.1 Å². The second kappa shape index (κ2) is 11.2. The van der Waals surface area contributed by atoms with E-state index in [1.165, 1.54) is 0 Å². The monoisotopic (exact) mass is 498 g/mol. The second-order valence-corrected chi connectivity index (χ2v) is 10.2. The summed E-state index contributed by atoms with van der Waals surface area (Å²) in [5, 5.41) is -0.180. The van der Waals surface area contributed by atoms with Crippen LogP contribution in [0, 0.1) is 0 Å². The molecular weight excluding hydrogens is 468 g/mol. The molecule has 1 amide bonds. The first-order chi connectivity index (χ1) is 17.0. The van der Waals surface area contributed by atoms with Crippen molar-refractivity contribution in [3.05, 3.63) is 60.9 Å². The summed E-state index contributed by atoms with van der Waals surface area (Å²) in [7, 11) is -3.12. The summed E-state index contributed by atoms with van der Waals surface area (Å²) in [5.74, 6) is 0.482. The number of anilines is 1. The lowest BCUT2D eigenvalue weighted by Crippen LogP contribution is -2.28. The van der Waals surface area contributed by atoms with Gasteiger partial charge in [-0.05, 0) is 56.9 Å². The molecular formula is C24H30N6O4S. The van der Waals surface area contributed by atoms with Gasteiger partial charge in [0.05, 0.1) is 35.6 Å². The quantitative estimate of drug-likeness (QED) is 0.525. The molecule has 35 heavy (non-hydrogen) atoms. The highest BCUT2D eigenvalue weighted by atomic mass is 32.2. The Hall–Kier alpha value is -3.60. The Morgan fingerprint density at radius 2 is 1.83 bits per heavy atom. The number of sulfonamides is 1. The van der Waals surface area contributed by atoms with Crippen LogP contribution in [0.25, 0.3) is 11.3 Å². The fraction of sp³-hybridized carbons (Fsp3) is 0.375. The van der Waals surface area contributed by atoms with E-state index in [0.717, 1.165) is 44.3 Å². The van der Waals surface area contributed by atoms with E-state index in [-0.39, 0.29) is 12.6 Å². The molecule has 1 aliphatic heterocycles. The van der Waals surface area contributed by atoms with Gasteiger partial charge >= 0.3 is 0 Å². The number of hydrogen-bond donors (Lipinski definition) is 1. The Labute approximate surface area is 206 Å². The molecule has 4 heterocycles. The highest BCUT2D eigenvalue weighted by molar-refractivity contribution is 7.93. The molecule has 0 aromatic carbocycles. The van der Waals surface area contributed by atoms with Gasteiger partial charge in [-0.25, -0.2) is 13.4 Å². The van der Waals surface area contributed by atoms with E-state index in [1.807, 2.05) is 17.9 Å². The van der Waals surface area contributed by atoms with E-state index in [4.69, 9.17) is 4.74 Å². The summed E-state index contributed by atoms with van der Waals surface area (Å²) in [5.41, 5.74) is 2.55. The van der Waals surface area contributed by atoms with Gasteiger partial charge < -0.3 is 9.64 Å². The van der Waals surface area contributed by atoms with Crippen LogP contribution in [-0.2, 0) is 10.0 Å². The Morgan fingerprint density at radius 3 is 2.46 bits per heavy atom. The number of pyridine rings is 2. The predicted octanol–water partition coefficient (Wildman–Crippen LogP) is 3.41. The third-order valence-electron chi connectivity index (χ3n) is 5.48. The second-order valence-electron chi connectivity index (χ2n) is 8.19. The maximum atomic E-state index is 12.2. The van der Waals surface area contributed by atoms with E-state index in [2.05, 4.69) is 24.7 Å². The van der Waals surface area contributed by atoms with Gasteiger partial charge in [0.2, 0.25) is 15.9 Å². The first-order valence-electron chi connectivity index (χ1n) is 11.6. The number of hydrogen-bond acceptors (Lipinski definition) is 8. The fourth-order valence-electron chi connectivity index (χ4n) is 3.50. The van der Waals surface area contributed by atoms with Crippen LogP contribution in [0.15, 0.2) is 55.2 Å². The van der Waals surface area contributed by atoms with Gasteiger partial charge in [-0.3, -0.25) is 24.5 Å². The van der Waals surface area contributed by atoms with E-state index in [9.17, 15) is 13.2 Å². The summed E-state index contributed by atoms with van der Waals surface area (Å²) in [4.78, 5) is 30.6. The van der Waals surface area contributed by atoms with Gasteiger partial charge in [-0.1, -0.05) is 0 Å². The first kappa shape index (κ1) is 24.5. The lowest BCUT2D eigenvalue weighted by atomic mass is 10.2. The van der Waals surface area contributed by atoms with Gasteiger partial charge in [-0.2, -0.15) is 0 Å². The molecule has 0 spiro atoms. The molecule has 3 aromatic heterocycles. The Morgan fingerprint density at radius 1 is 1.09 bits per heavy atom. The zero-order valence-electron chi connectivity index (χ0n) is 19.5. The molecule has 0 bridgehead atoms.